The van der Waals surface area contributed by atoms with E-state index in [-0.39, 0.29) is 0 Å². The first-order chi connectivity index (χ1) is 31.2. The predicted molar refractivity (Wildman–Crippen MR) is 259 cm³/mol. The van der Waals surface area contributed by atoms with Crippen LogP contribution in [0.5, 0.6) is 0 Å². The lowest BCUT2D eigenvalue weighted by Gasteiger charge is -2.12. The molecule has 6 heterocycles. The third kappa shape index (κ3) is 5.76. The monoisotopic (exact) mass is 823 g/mol. The second kappa shape index (κ2) is 14.1. The summed E-state index contributed by atoms with van der Waals surface area (Å²) in [6.07, 6.45) is 3.72. The lowest BCUT2D eigenvalue weighted by molar-refractivity contribution is 0.992. The van der Waals surface area contributed by atoms with Crippen LogP contribution in [0.25, 0.3) is 121 Å². The van der Waals surface area contributed by atoms with Crippen molar-refractivity contribution in [2.24, 2.45) is 0 Å². The largest absolute Gasteiger partial charge is 0.278 e. The summed E-state index contributed by atoms with van der Waals surface area (Å²) in [5, 5.41) is 5.69. The number of fused-ring (bicyclic) bond motifs is 9. The third-order valence-electron chi connectivity index (χ3n) is 12.1. The van der Waals surface area contributed by atoms with Gasteiger partial charge in [-0.3, -0.25) is 14.1 Å². The van der Waals surface area contributed by atoms with Gasteiger partial charge in [0.1, 0.15) is 0 Å². The molecule has 0 aliphatic rings. The van der Waals surface area contributed by atoms with Gasteiger partial charge in [0.25, 0.3) is 0 Å². The molecule has 0 spiro atoms. The molecule has 6 aromatic heterocycles. The van der Waals surface area contributed by atoms with Crippen LogP contribution in [0.3, 0.4) is 0 Å². The maximum Gasteiger partial charge on any atom is 0.235 e. The van der Waals surface area contributed by atoms with Gasteiger partial charge in [-0.1, -0.05) is 121 Å². The van der Waals surface area contributed by atoms with Crippen LogP contribution < -0.4 is 0 Å². The Hall–Kier alpha value is -8.33. The normalized spacial score (nSPS) is 11.8. The topological polar surface area (TPSA) is 74.3 Å². The Labute approximate surface area is 364 Å². The lowest BCUT2D eigenvalue weighted by atomic mass is 10.0. The van der Waals surface area contributed by atoms with E-state index in [1.54, 1.807) is 11.3 Å². The van der Waals surface area contributed by atoms with Crippen LogP contribution in [-0.2, 0) is 0 Å². The highest BCUT2D eigenvalue weighted by atomic mass is 32.1. The van der Waals surface area contributed by atoms with Crippen LogP contribution in [-0.4, -0.2) is 34.1 Å². The number of pyridine rings is 1. The minimum atomic E-state index is 0.624. The van der Waals surface area contributed by atoms with Crippen molar-refractivity contribution in [1.82, 2.24) is 34.1 Å². The van der Waals surface area contributed by atoms with Gasteiger partial charge in [-0.2, -0.15) is 0 Å². The molecule has 7 aromatic carbocycles. The highest BCUT2D eigenvalue weighted by Gasteiger charge is 2.20. The van der Waals surface area contributed by atoms with Gasteiger partial charge >= 0.3 is 0 Å². The Balaban J connectivity index is 0.961. The second-order valence-electron chi connectivity index (χ2n) is 15.7. The second-order valence-corrected chi connectivity index (χ2v) is 16.8. The van der Waals surface area contributed by atoms with Crippen molar-refractivity contribution in [3.05, 3.63) is 200 Å². The molecular formula is C55H33N7S. The molecule has 0 saturated carbocycles. The molecule has 0 bridgehead atoms. The Bertz CT molecular complexity index is 3870. The van der Waals surface area contributed by atoms with E-state index in [4.69, 9.17) is 24.9 Å². The molecule has 0 radical (unpaired) electrons. The highest BCUT2D eigenvalue weighted by Crippen LogP contribution is 2.39. The van der Waals surface area contributed by atoms with Gasteiger partial charge in [0.15, 0.2) is 0 Å². The number of rotatable bonds is 6. The molecule has 13 rings (SSSR count). The fraction of sp³-hybridized carbons (Fsp3) is 0. The molecule has 13 aromatic rings. The average molecular weight is 824 g/mol. The van der Waals surface area contributed by atoms with Gasteiger partial charge < -0.3 is 0 Å². The van der Waals surface area contributed by atoms with Crippen molar-refractivity contribution < 1.29 is 0 Å². The van der Waals surface area contributed by atoms with E-state index in [1.807, 2.05) is 36.7 Å². The van der Waals surface area contributed by atoms with E-state index in [1.165, 1.54) is 9.40 Å². The number of hydrogen-bond acceptors (Lipinski definition) is 6. The van der Waals surface area contributed by atoms with Crippen LogP contribution in [0.2, 0.25) is 0 Å². The smallest absolute Gasteiger partial charge is 0.235 e. The van der Waals surface area contributed by atoms with Gasteiger partial charge in [-0.25, -0.2) is 19.9 Å². The molecule has 8 heteroatoms. The molecule has 0 aliphatic heterocycles. The molecule has 0 aliphatic carbocycles. The van der Waals surface area contributed by atoms with Gasteiger partial charge in [-0.15, -0.1) is 11.3 Å². The minimum Gasteiger partial charge on any atom is -0.278 e. The number of hydrogen-bond donors (Lipinski definition) is 0. The summed E-state index contributed by atoms with van der Waals surface area (Å²) in [5.41, 5.74) is 13.1. The van der Waals surface area contributed by atoms with E-state index in [9.17, 15) is 0 Å². The molecule has 294 valence electrons. The standard InChI is InChI=1S/C55H33N7S/c1-3-12-34(13-4-1)45-33-46(35-14-5-2-6-15-35)60-55(59-45)62-47-18-9-7-16-39(47)41-24-21-37(32-50(41)62)36-22-25-49-42(30-36)40-17-8-10-19-48(40)61(49)54-57-29-27-44(58-54)38-23-26-51-43(31-38)53-52(63-51)20-11-28-56-53/h1-33H. The Kier molecular flexibility index (Phi) is 7.94. The summed E-state index contributed by atoms with van der Waals surface area (Å²) < 4.78 is 6.79. The summed E-state index contributed by atoms with van der Waals surface area (Å²) in [5.74, 6) is 1.25. The summed E-state index contributed by atoms with van der Waals surface area (Å²) in [4.78, 5) is 25.3. The average Bonchev–Trinajstić information content (AvgIpc) is 4.01. The Morgan fingerprint density at radius 1 is 0.317 bits per heavy atom. The third-order valence-corrected chi connectivity index (χ3v) is 13.2. The number of benzene rings is 7. The SMILES string of the molecule is c1ccc(-c2cc(-c3ccccc3)nc(-n3c4ccccc4c4ccc(-c5ccc6c(c5)c5ccccc5n6-c5nccc(-c6ccc7sc8cccnc8c7c6)n5)cc43)n2)cc1. The molecule has 7 nitrogen and oxygen atoms in total. The van der Waals surface area contributed by atoms with Crippen molar-refractivity contribution in [3.63, 3.8) is 0 Å². The molecule has 0 atom stereocenters. The van der Waals surface area contributed by atoms with Crippen LogP contribution in [0, 0.1) is 0 Å². The number of aromatic nitrogens is 7. The van der Waals surface area contributed by atoms with Gasteiger partial charge in [0.2, 0.25) is 11.9 Å². The first-order valence-corrected chi connectivity index (χ1v) is 21.7. The van der Waals surface area contributed by atoms with Crippen LogP contribution >= 0.6 is 11.3 Å². The minimum absolute atomic E-state index is 0.624. The van der Waals surface area contributed by atoms with Crippen molar-refractivity contribution in [2.45, 2.75) is 0 Å². The van der Waals surface area contributed by atoms with Crippen LogP contribution in [0.15, 0.2) is 200 Å². The quantitative estimate of drug-likeness (QED) is 0.167. The zero-order valence-electron chi connectivity index (χ0n) is 33.6. The number of para-hydroxylation sites is 2. The van der Waals surface area contributed by atoms with Gasteiger partial charge in [0.05, 0.1) is 49.4 Å². The van der Waals surface area contributed by atoms with Crippen LogP contribution in [0.1, 0.15) is 0 Å². The number of thiophene rings is 1. The zero-order chi connectivity index (χ0) is 41.4. The lowest BCUT2D eigenvalue weighted by Crippen LogP contribution is -2.04. The fourth-order valence-electron chi connectivity index (χ4n) is 9.16. The molecule has 0 amide bonds. The first-order valence-electron chi connectivity index (χ1n) is 20.9. The van der Waals surface area contributed by atoms with E-state index >= 15 is 0 Å². The summed E-state index contributed by atoms with van der Waals surface area (Å²) in [6.45, 7) is 0. The molecule has 0 saturated heterocycles. The molecule has 63 heavy (non-hydrogen) atoms. The summed E-state index contributed by atoms with van der Waals surface area (Å²) >= 11 is 1.76. The van der Waals surface area contributed by atoms with Gasteiger partial charge in [-0.05, 0) is 77.9 Å². The molecule has 0 fully saturated rings. The van der Waals surface area contributed by atoms with Crippen LogP contribution in [0.4, 0.5) is 0 Å². The van der Waals surface area contributed by atoms with E-state index < -0.39 is 0 Å². The first kappa shape index (κ1) is 35.4. The molecule has 0 unspecified atom stereocenters. The number of nitrogens with zero attached hydrogens (tertiary/aromatic N) is 7. The summed E-state index contributed by atoms with van der Waals surface area (Å²) in [7, 11) is 0. The highest BCUT2D eigenvalue weighted by molar-refractivity contribution is 7.25. The van der Waals surface area contributed by atoms with E-state index in [0.29, 0.717) is 11.9 Å². The predicted octanol–water partition coefficient (Wildman–Crippen LogP) is 13.9. The van der Waals surface area contributed by atoms with Crippen molar-refractivity contribution in [3.8, 4) is 56.8 Å². The van der Waals surface area contributed by atoms with Gasteiger partial charge in [0, 0.05) is 60.7 Å². The molecule has 0 N–H and O–H groups in total. The Morgan fingerprint density at radius 2 is 0.905 bits per heavy atom. The van der Waals surface area contributed by atoms with E-state index in [2.05, 4.69) is 173 Å². The van der Waals surface area contributed by atoms with Crippen molar-refractivity contribution >= 4 is 75.3 Å². The van der Waals surface area contributed by atoms with Crippen molar-refractivity contribution in [1.29, 1.82) is 0 Å². The maximum absolute atomic E-state index is 5.26. The molecular weight excluding hydrogens is 791 g/mol. The zero-order valence-corrected chi connectivity index (χ0v) is 34.4. The fourth-order valence-corrected chi connectivity index (χ4v) is 10.2. The van der Waals surface area contributed by atoms with Crippen molar-refractivity contribution in [2.75, 3.05) is 0 Å². The maximum atomic E-state index is 5.26. The van der Waals surface area contributed by atoms with E-state index in [0.717, 1.165) is 99.4 Å². The summed E-state index contributed by atoms with van der Waals surface area (Å²) in [6, 6.07) is 65.9. The Morgan fingerprint density at radius 3 is 1.67 bits per heavy atom.